The summed E-state index contributed by atoms with van der Waals surface area (Å²) in [5.41, 5.74) is 2.44. The van der Waals surface area contributed by atoms with Gasteiger partial charge in [-0.1, -0.05) is 13.8 Å². The van der Waals surface area contributed by atoms with Crippen molar-refractivity contribution in [2.24, 2.45) is 0 Å². The van der Waals surface area contributed by atoms with Crippen molar-refractivity contribution in [3.8, 4) is 0 Å². The smallest absolute Gasteiger partial charge is 0.255 e. The Morgan fingerprint density at radius 3 is 2.61 bits per heavy atom. The van der Waals surface area contributed by atoms with Crippen LogP contribution in [0.5, 0.6) is 0 Å². The fraction of sp³-hybridized carbons (Fsp3) is 0.222. The molecule has 0 aliphatic carbocycles. The number of thioether (sulfide) groups is 1. The number of carbonyl (C=O) groups is 1. The number of thiazole rings is 1. The molecule has 5 heteroatoms. The van der Waals surface area contributed by atoms with Gasteiger partial charge in [-0.2, -0.15) is 0 Å². The van der Waals surface area contributed by atoms with Crippen molar-refractivity contribution < 1.29 is 4.79 Å². The van der Waals surface area contributed by atoms with Crippen LogP contribution in [0.3, 0.4) is 0 Å². The van der Waals surface area contributed by atoms with Crippen molar-refractivity contribution in [2.45, 2.75) is 30.9 Å². The zero-order chi connectivity index (χ0) is 16.4. The first-order valence-electron chi connectivity index (χ1n) is 7.46. The van der Waals surface area contributed by atoms with Gasteiger partial charge < -0.3 is 5.32 Å². The quantitative estimate of drug-likeness (QED) is 0.649. The van der Waals surface area contributed by atoms with E-state index in [4.69, 9.17) is 0 Å². The molecule has 0 saturated heterocycles. The summed E-state index contributed by atoms with van der Waals surface area (Å²) in [5, 5.41) is 4.51. The summed E-state index contributed by atoms with van der Waals surface area (Å²) in [6, 6.07) is 13.5. The summed E-state index contributed by atoms with van der Waals surface area (Å²) in [4.78, 5) is 18.0. The Balaban J connectivity index is 1.74. The third kappa shape index (κ3) is 3.92. The van der Waals surface area contributed by atoms with E-state index >= 15 is 0 Å². The molecular weight excluding hydrogens is 324 g/mol. The number of rotatable bonds is 4. The van der Waals surface area contributed by atoms with Gasteiger partial charge in [0.2, 0.25) is 0 Å². The van der Waals surface area contributed by atoms with Crippen molar-refractivity contribution >= 4 is 44.9 Å². The second kappa shape index (κ2) is 6.72. The number of nitrogens with zero attached hydrogens (tertiary/aromatic N) is 1. The highest BCUT2D eigenvalue weighted by atomic mass is 32.2. The predicted molar refractivity (Wildman–Crippen MR) is 99.7 cm³/mol. The summed E-state index contributed by atoms with van der Waals surface area (Å²) in [5.74, 6) is -0.0910. The van der Waals surface area contributed by atoms with Crippen molar-refractivity contribution in [1.29, 1.82) is 0 Å². The summed E-state index contributed by atoms with van der Waals surface area (Å²) in [6.07, 6.45) is 0. The number of nitrogens with one attached hydrogen (secondary N) is 1. The summed E-state index contributed by atoms with van der Waals surface area (Å²) >= 11 is 3.42. The van der Waals surface area contributed by atoms with E-state index in [1.54, 1.807) is 23.1 Å². The maximum absolute atomic E-state index is 12.4. The minimum Gasteiger partial charge on any atom is -0.322 e. The third-order valence-electron chi connectivity index (χ3n) is 3.24. The molecule has 1 amide bonds. The van der Waals surface area contributed by atoms with Crippen LogP contribution in [0.25, 0.3) is 10.2 Å². The lowest BCUT2D eigenvalue weighted by atomic mass is 10.2. The van der Waals surface area contributed by atoms with E-state index in [0.717, 1.165) is 20.9 Å². The Hall–Kier alpha value is -1.85. The topological polar surface area (TPSA) is 42.0 Å². The molecule has 1 aromatic heterocycles. The van der Waals surface area contributed by atoms with Crippen molar-refractivity contribution in [3.63, 3.8) is 0 Å². The highest BCUT2D eigenvalue weighted by Crippen LogP contribution is 2.26. The fourth-order valence-corrected chi connectivity index (χ4v) is 3.98. The molecule has 0 bridgehead atoms. The molecule has 3 rings (SSSR count). The molecule has 1 N–H and O–H groups in total. The third-order valence-corrected chi connectivity index (χ3v) is 5.19. The minimum absolute atomic E-state index is 0.0910. The Labute approximate surface area is 144 Å². The van der Waals surface area contributed by atoms with Gasteiger partial charge in [0, 0.05) is 21.4 Å². The summed E-state index contributed by atoms with van der Waals surface area (Å²) in [7, 11) is 0. The average Bonchev–Trinajstić information content (AvgIpc) is 2.86. The van der Waals surface area contributed by atoms with Gasteiger partial charge in [0.15, 0.2) is 0 Å². The van der Waals surface area contributed by atoms with Gasteiger partial charge in [0.25, 0.3) is 5.91 Å². The van der Waals surface area contributed by atoms with Crippen LogP contribution in [0.2, 0.25) is 0 Å². The van der Waals surface area contributed by atoms with E-state index < -0.39 is 0 Å². The van der Waals surface area contributed by atoms with Crippen LogP contribution in [-0.2, 0) is 0 Å². The standard InChI is InChI=1S/C18H18N2OS2/c1-11(2)22-15-7-4-13(5-8-15)18(21)20-14-6-9-16-17(10-14)23-12(3)19-16/h4-11H,1-3H3,(H,20,21). The van der Waals surface area contributed by atoms with Gasteiger partial charge in [0.05, 0.1) is 15.2 Å². The summed E-state index contributed by atoms with van der Waals surface area (Å²) in [6.45, 7) is 6.30. The molecule has 1 heterocycles. The van der Waals surface area contributed by atoms with Crippen LogP contribution >= 0.6 is 23.1 Å². The average molecular weight is 342 g/mol. The normalized spacial score (nSPS) is 11.1. The lowest BCUT2D eigenvalue weighted by Gasteiger charge is -2.07. The number of benzene rings is 2. The second-order valence-electron chi connectivity index (χ2n) is 5.56. The minimum atomic E-state index is -0.0910. The van der Waals surface area contributed by atoms with Gasteiger partial charge in [0.1, 0.15) is 0 Å². The first-order chi connectivity index (χ1) is 11.0. The molecule has 3 nitrogen and oxygen atoms in total. The van der Waals surface area contributed by atoms with Crippen molar-refractivity contribution in [2.75, 3.05) is 5.32 Å². The number of amides is 1. The fourth-order valence-electron chi connectivity index (χ4n) is 2.28. The molecule has 0 aliphatic rings. The van der Waals surface area contributed by atoms with Crippen LogP contribution < -0.4 is 5.32 Å². The molecule has 0 radical (unpaired) electrons. The summed E-state index contributed by atoms with van der Waals surface area (Å²) < 4.78 is 1.09. The SMILES string of the molecule is Cc1nc2ccc(NC(=O)c3ccc(SC(C)C)cc3)cc2s1. The predicted octanol–water partition coefficient (Wildman–Crippen LogP) is 5.36. The molecule has 0 saturated carbocycles. The first-order valence-corrected chi connectivity index (χ1v) is 9.16. The van der Waals surface area contributed by atoms with Gasteiger partial charge in [-0.3, -0.25) is 4.79 Å². The van der Waals surface area contributed by atoms with E-state index in [9.17, 15) is 4.79 Å². The van der Waals surface area contributed by atoms with E-state index in [1.807, 2.05) is 49.4 Å². The molecule has 3 aromatic rings. The van der Waals surface area contributed by atoms with E-state index in [1.165, 1.54) is 4.90 Å². The molecule has 0 fully saturated rings. The zero-order valence-electron chi connectivity index (χ0n) is 13.3. The number of carbonyl (C=O) groups excluding carboxylic acids is 1. The highest BCUT2D eigenvalue weighted by molar-refractivity contribution is 7.99. The van der Waals surface area contributed by atoms with Gasteiger partial charge >= 0.3 is 0 Å². The largest absolute Gasteiger partial charge is 0.322 e. The molecule has 118 valence electrons. The molecule has 0 atom stereocenters. The van der Waals surface area contributed by atoms with Gasteiger partial charge in [-0.15, -0.1) is 23.1 Å². The molecule has 23 heavy (non-hydrogen) atoms. The number of hydrogen-bond donors (Lipinski definition) is 1. The first kappa shape index (κ1) is 16.0. The Bertz CT molecular complexity index is 838. The number of aryl methyl sites for hydroxylation is 1. The number of anilines is 1. The number of fused-ring (bicyclic) bond motifs is 1. The van der Waals surface area contributed by atoms with Crippen molar-refractivity contribution in [1.82, 2.24) is 4.98 Å². The Morgan fingerprint density at radius 1 is 1.17 bits per heavy atom. The Kier molecular flexibility index (Phi) is 4.68. The maximum Gasteiger partial charge on any atom is 0.255 e. The van der Waals surface area contributed by atoms with Crippen LogP contribution in [0, 0.1) is 6.92 Å². The monoisotopic (exact) mass is 342 g/mol. The van der Waals surface area contributed by atoms with Crippen molar-refractivity contribution in [3.05, 3.63) is 53.0 Å². The lowest BCUT2D eigenvalue weighted by molar-refractivity contribution is 0.102. The van der Waals surface area contributed by atoms with E-state index in [-0.39, 0.29) is 5.91 Å². The highest BCUT2D eigenvalue weighted by Gasteiger charge is 2.08. The zero-order valence-corrected chi connectivity index (χ0v) is 14.9. The molecule has 0 unspecified atom stereocenters. The molecule has 0 aliphatic heterocycles. The molecule has 2 aromatic carbocycles. The Morgan fingerprint density at radius 2 is 1.91 bits per heavy atom. The van der Waals surface area contributed by atoms with Crippen LogP contribution in [0.1, 0.15) is 29.2 Å². The maximum atomic E-state index is 12.4. The van der Waals surface area contributed by atoms with E-state index in [0.29, 0.717) is 10.8 Å². The van der Waals surface area contributed by atoms with Gasteiger partial charge in [-0.25, -0.2) is 4.98 Å². The van der Waals surface area contributed by atoms with E-state index in [2.05, 4.69) is 24.1 Å². The number of aromatic nitrogens is 1. The number of hydrogen-bond acceptors (Lipinski definition) is 4. The van der Waals surface area contributed by atoms with Crippen LogP contribution in [0.4, 0.5) is 5.69 Å². The van der Waals surface area contributed by atoms with Gasteiger partial charge in [-0.05, 0) is 49.4 Å². The molecule has 0 spiro atoms. The second-order valence-corrected chi connectivity index (χ2v) is 8.45. The molecular formula is C18H18N2OS2. The van der Waals surface area contributed by atoms with Crippen LogP contribution in [-0.4, -0.2) is 16.1 Å². The lowest BCUT2D eigenvalue weighted by Crippen LogP contribution is -2.11. The van der Waals surface area contributed by atoms with Crippen LogP contribution in [0.15, 0.2) is 47.4 Å².